The van der Waals surface area contributed by atoms with Gasteiger partial charge < -0.3 is 14.2 Å². The van der Waals surface area contributed by atoms with E-state index in [1.165, 1.54) is 19.3 Å². The van der Waals surface area contributed by atoms with Crippen LogP contribution in [0.2, 0.25) is 0 Å². The molecule has 0 aliphatic rings. The molecule has 0 amide bonds. The smallest absolute Gasteiger partial charge is 0.306 e. The van der Waals surface area contributed by atoms with E-state index in [1.54, 1.807) is 0 Å². The molecule has 1 unspecified atom stereocenters. The van der Waals surface area contributed by atoms with Gasteiger partial charge in [0.05, 0.1) is 0 Å². The Labute approximate surface area is 410 Å². The molecular weight excluding hydrogens is 829 g/mol. The van der Waals surface area contributed by atoms with Crippen molar-refractivity contribution in [1.82, 2.24) is 0 Å². The number of rotatable bonds is 45. The number of carbonyl (C=O) groups excluding carboxylic acids is 3. The van der Waals surface area contributed by atoms with Crippen molar-refractivity contribution in [3.63, 3.8) is 0 Å². The lowest BCUT2D eigenvalue weighted by atomic mass is 10.1. The van der Waals surface area contributed by atoms with Crippen LogP contribution >= 0.6 is 0 Å². The van der Waals surface area contributed by atoms with E-state index in [-0.39, 0.29) is 31.6 Å². The van der Waals surface area contributed by atoms with Crippen molar-refractivity contribution in [2.45, 2.75) is 207 Å². The molecule has 67 heavy (non-hydrogen) atoms. The molecule has 6 nitrogen and oxygen atoms in total. The van der Waals surface area contributed by atoms with Crippen molar-refractivity contribution in [2.75, 3.05) is 13.2 Å². The fraction of sp³-hybridized carbons (Fsp3) is 0.557. The molecule has 0 rings (SSSR count). The van der Waals surface area contributed by atoms with E-state index >= 15 is 0 Å². The fourth-order valence-corrected chi connectivity index (χ4v) is 6.49. The molecule has 0 N–H and O–H groups in total. The van der Waals surface area contributed by atoms with Crippen LogP contribution in [0.4, 0.5) is 0 Å². The Bertz CT molecular complexity index is 1530. The molecule has 6 heteroatoms. The predicted molar refractivity (Wildman–Crippen MR) is 288 cm³/mol. The van der Waals surface area contributed by atoms with E-state index in [4.69, 9.17) is 14.2 Å². The van der Waals surface area contributed by atoms with E-state index < -0.39 is 12.1 Å². The first-order chi connectivity index (χ1) is 33.0. The highest BCUT2D eigenvalue weighted by molar-refractivity contribution is 5.71. The Hall–Kier alpha value is -4.71. The minimum Gasteiger partial charge on any atom is -0.462 e. The molecule has 0 heterocycles. The van der Waals surface area contributed by atoms with E-state index in [0.717, 1.165) is 135 Å². The third-order valence-electron chi connectivity index (χ3n) is 10.3. The number of esters is 3. The second-order valence-electron chi connectivity index (χ2n) is 16.6. The number of carbonyl (C=O) groups is 3. The van der Waals surface area contributed by atoms with Crippen LogP contribution in [0.5, 0.6) is 0 Å². The van der Waals surface area contributed by atoms with E-state index in [1.807, 2.05) is 12.2 Å². The highest BCUT2D eigenvalue weighted by Gasteiger charge is 2.19. The molecule has 0 bridgehead atoms. The van der Waals surface area contributed by atoms with E-state index in [2.05, 4.69) is 154 Å². The first-order valence-corrected chi connectivity index (χ1v) is 26.3. The van der Waals surface area contributed by atoms with E-state index in [0.29, 0.717) is 19.3 Å². The van der Waals surface area contributed by atoms with Gasteiger partial charge in [-0.3, -0.25) is 14.4 Å². The molecule has 0 saturated heterocycles. The van der Waals surface area contributed by atoms with Crippen molar-refractivity contribution in [3.8, 4) is 0 Å². The molecule has 0 aromatic carbocycles. The van der Waals surface area contributed by atoms with Crippen LogP contribution in [0.25, 0.3) is 0 Å². The quantitative estimate of drug-likeness (QED) is 0.0262. The molecule has 0 aromatic heterocycles. The molecule has 0 spiro atoms. The lowest BCUT2D eigenvalue weighted by Gasteiger charge is -2.18. The van der Waals surface area contributed by atoms with Gasteiger partial charge >= 0.3 is 17.9 Å². The number of ether oxygens (including phenoxy) is 3. The van der Waals surface area contributed by atoms with Crippen LogP contribution in [-0.2, 0) is 28.6 Å². The van der Waals surface area contributed by atoms with Crippen LogP contribution in [0.3, 0.4) is 0 Å². The zero-order chi connectivity index (χ0) is 48.6. The summed E-state index contributed by atoms with van der Waals surface area (Å²) in [5, 5.41) is 0. The normalized spacial score (nSPS) is 13.3. The average molecular weight is 923 g/mol. The predicted octanol–water partition coefficient (Wildman–Crippen LogP) is 17.6. The second-order valence-corrected chi connectivity index (χ2v) is 16.6. The highest BCUT2D eigenvalue weighted by Crippen LogP contribution is 2.12. The summed E-state index contributed by atoms with van der Waals surface area (Å²) in [6, 6.07) is 0. The lowest BCUT2D eigenvalue weighted by molar-refractivity contribution is -0.166. The molecule has 1 atom stereocenters. The van der Waals surface area contributed by atoms with Crippen LogP contribution in [-0.4, -0.2) is 37.2 Å². The highest BCUT2D eigenvalue weighted by atomic mass is 16.6. The largest absolute Gasteiger partial charge is 0.462 e. The maximum absolute atomic E-state index is 12.8. The summed E-state index contributed by atoms with van der Waals surface area (Å²) in [5.41, 5.74) is 0. The molecule has 0 saturated carbocycles. The van der Waals surface area contributed by atoms with Gasteiger partial charge in [0.1, 0.15) is 13.2 Å². The van der Waals surface area contributed by atoms with Crippen LogP contribution in [0, 0.1) is 0 Å². The summed E-state index contributed by atoms with van der Waals surface area (Å²) in [6.07, 6.45) is 77.1. The maximum Gasteiger partial charge on any atom is 0.306 e. The molecule has 0 aromatic rings. The van der Waals surface area contributed by atoms with Gasteiger partial charge in [0.2, 0.25) is 0 Å². The minimum atomic E-state index is -0.839. The van der Waals surface area contributed by atoms with Gasteiger partial charge in [0, 0.05) is 19.3 Å². The van der Waals surface area contributed by atoms with Crippen LogP contribution < -0.4 is 0 Å². The summed E-state index contributed by atoms with van der Waals surface area (Å²) < 4.78 is 16.7. The third-order valence-corrected chi connectivity index (χ3v) is 10.3. The number of hydrogen-bond acceptors (Lipinski definition) is 6. The Balaban J connectivity index is 4.47. The maximum atomic E-state index is 12.8. The van der Waals surface area contributed by atoms with Gasteiger partial charge in [-0.25, -0.2) is 0 Å². The van der Waals surface area contributed by atoms with Gasteiger partial charge in [-0.15, -0.1) is 0 Å². The number of hydrogen-bond donors (Lipinski definition) is 0. The topological polar surface area (TPSA) is 78.9 Å². The summed E-state index contributed by atoms with van der Waals surface area (Å²) in [6.45, 7) is 6.17. The Morgan fingerprint density at radius 2 is 0.567 bits per heavy atom. The van der Waals surface area contributed by atoms with Crippen molar-refractivity contribution in [2.24, 2.45) is 0 Å². The van der Waals surface area contributed by atoms with Gasteiger partial charge in [0.15, 0.2) is 6.10 Å². The summed E-state index contributed by atoms with van der Waals surface area (Å²) in [4.78, 5) is 38.0. The van der Waals surface area contributed by atoms with Crippen molar-refractivity contribution < 1.29 is 28.6 Å². The first kappa shape index (κ1) is 62.3. The third kappa shape index (κ3) is 52.1. The zero-order valence-corrected chi connectivity index (χ0v) is 42.6. The molecule has 0 aliphatic heterocycles. The van der Waals surface area contributed by atoms with Gasteiger partial charge in [0.25, 0.3) is 0 Å². The molecular formula is C61H94O6. The van der Waals surface area contributed by atoms with Gasteiger partial charge in [-0.2, -0.15) is 0 Å². The second kappa shape index (κ2) is 53.9. The number of unbranched alkanes of at least 4 members (excludes halogenated alkanes) is 10. The van der Waals surface area contributed by atoms with Gasteiger partial charge in [-0.1, -0.05) is 205 Å². The first-order valence-electron chi connectivity index (χ1n) is 26.3. The Morgan fingerprint density at radius 3 is 0.910 bits per heavy atom. The monoisotopic (exact) mass is 923 g/mol. The number of allylic oxidation sites excluding steroid dienone is 24. The average Bonchev–Trinajstić information content (AvgIpc) is 3.33. The Morgan fingerprint density at radius 1 is 0.299 bits per heavy atom. The molecule has 0 aliphatic carbocycles. The Kier molecular flexibility index (Phi) is 50.1. The van der Waals surface area contributed by atoms with Crippen LogP contribution in [0.1, 0.15) is 201 Å². The SMILES string of the molecule is CC/C=C\C/C=C\C/C=C\C/C=C\C/C=C\CCCCCCCCCC(=O)OCC(COC(=O)CCCCC/C=C\C/C=C\C/C=C\CC)OC(=O)CC/C=C\C/C=C\C/C=C\C/C=C\CC. The van der Waals surface area contributed by atoms with Crippen molar-refractivity contribution >= 4 is 17.9 Å². The molecule has 374 valence electrons. The van der Waals surface area contributed by atoms with Crippen molar-refractivity contribution in [1.29, 1.82) is 0 Å². The van der Waals surface area contributed by atoms with Gasteiger partial charge in [-0.05, 0) is 122 Å². The summed E-state index contributed by atoms with van der Waals surface area (Å²) in [5.74, 6) is -1.06. The van der Waals surface area contributed by atoms with Crippen molar-refractivity contribution in [3.05, 3.63) is 146 Å². The molecule has 0 fully saturated rings. The minimum absolute atomic E-state index is 0.128. The molecule has 0 radical (unpaired) electrons. The lowest BCUT2D eigenvalue weighted by Crippen LogP contribution is -2.30. The van der Waals surface area contributed by atoms with E-state index in [9.17, 15) is 14.4 Å². The van der Waals surface area contributed by atoms with Crippen LogP contribution in [0.15, 0.2) is 146 Å². The fourth-order valence-electron chi connectivity index (χ4n) is 6.49. The zero-order valence-electron chi connectivity index (χ0n) is 42.6. The summed E-state index contributed by atoms with van der Waals surface area (Å²) in [7, 11) is 0. The standard InChI is InChI=1S/C61H94O6/c1-4-7-10-13-16-19-22-25-26-27-28-29-30-31-32-33-34-37-39-42-45-48-51-54-60(63)66-57-58(67-61(64)55-52-49-46-43-40-36-24-21-18-15-12-9-6-3)56-65-59(62)53-50-47-44-41-38-35-23-20-17-14-11-8-5-2/h7-12,16-21,25-26,28-29,31-32,35-36,38,40,46,49,58H,4-6,13-15,22-24,27,30,33-34,37,39,41-45,47-48,50-57H2,1-3H3/b10-7-,11-8-,12-9-,19-16-,20-17-,21-18-,26-25-,29-28-,32-31-,38-35-,40-36-,49-46-. The summed E-state index contributed by atoms with van der Waals surface area (Å²) >= 11 is 0.